The normalized spacial score (nSPS) is 16.2. The zero-order valence-corrected chi connectivity index (χ0v) is 15.6. The molecule has 0 spiro atoms. The SMILES string of the molecule is Clc1ccc(COc2ccc(CNC3CCCCCCC3)cc2)cc1. The predicted octanol–water partition coefficient (Wildman–Crippen LogP) is 6.12. The van der Waals surface area contributed by atoms with Gasteiger partial charge in [0.1, 0.15) is 12.4 Å². The van der Waals surface area contributed by atoms with Crippen LogP contribution in [0.1, 0.15) is 56.1 Å². The first-order valence-electron chi connectivity index (χ1n) is 9.49. The standard InChI is InChI=1S/C22H28ClNO/c23-20-12-8-19(9-13-20)17-25-22-14-10-18(11-15-22)16-24-21-6-4-2-1-3-5-7-21/h8-15,21,24H,1-7,16-17H2. The minimum absolute atomic E-state index is 0.566. The van der Waals surface area contributed by atoms with E-state index in [4.69, 9.17) is 16.3 Å². The molecule has 25 heavy (non-hydrogen) atoms. The minimum atomic E-state index is 0.566. The number of ether oxygens (including phenoxy) is 1. The van der Waals surface area contributed by atoms with Crippen molar-refractivity contribution in [3.05, 3.63) is 64.7 Å². The van der Waals surface area contributed by atoms with Crippen molar-refractivity contribution in [1.29, 1.82) is 0 Å². The average Bonchev–Trinajstić information content (AvgIpc) is 2.61. The molecule has 2 nitrogen and oxygen atoms in total. The Balaban J connectivity index is 1.44. The van der Waals surface area contributed by atoms with Crippen molar-refractivity contribution < 1.29 is 4.74 Å². The molecule has 2 aromatic rings. The van der Waals surface area contributed by atoms with Crippen LogP contribution in [0.25, 0.3) is 0 Å². The van der Waals surface area contributed by atoms with Gasteiger partial charge in [0.15, 0.2) is 0 Å². The third-order valence-corrected chi connectivity index (χ3v) is 5.19. The predicted molar refractivity (Wildman–Crippen MR) is 105 cm³/mol. The summed E-state index contributed by atoms with van der Waals surface area (Å²) < 4.78 is 5.85. The highest BCUT2D eigenvalue weighted by Crippen LogP contribution is 2.19. The molecule has 0 amide bonds. The van der Waals surface area contributed by atoms with E-state index in [0.717, 1.165) is 22.9 Å². The molecule has 0 aliphatic heterocycles. The van der Waals surface area contributed by atoms with Crippen molar-refractivity contribution in [2.45, 2.75) is 64.1 Å². The van der Waals surface area contributed by atoms with Gasteiger partial charge in [0, 0.05) is 17.6 Å². The lowest BCUT2D eigenvalue weighted by molar-refractivity contribution is 0.306. The van der Waals surface area contributed by atoms with E-state index in [1.54, 1.807) is 0 Å². The van der Waals surface area contributed by atoms with Gasteiger partial charge in [-0.1, -0.05) is 68.0 Å². The first-order chi connectivity index (χ1) is 12.3. The fourth-order valence-electron chi connectivity index (χ4n) is 3.37. The van der Waals surface area contributed by atoms with Crippen molar-refractivity contribution >= 4 is 11.6 Å². The van der Waals surface area contributed by atoms with Crippen molar-refractivity contribution in [3.8, 4) is 5.75 Å². The molecule has 0 aromatic heterocycles. The smallest absolute Gasteiger partial charge is 0.119 e. The van der Waals surface area contributed by atoms with Crippen LogP contribution >= 0.6 is 11.6 Å². The monoisotopic (exact) mass is 357 g/mol. The summed E-state index contributed by atoms with van der Waals surface area (Å²) in [6.07, 6.45) is 9.61. The second-order valence-corrected chi connectivity index (χ2v) is 7.42. The van der Waals surface area contributed by atoms with Gasteiger partial charge in [-0.3, -0.25) is 0 Å². The molecule has 1 N–H and O–H groups in total. The molecule has 1 aliphatic rings. The van der Waals surface area contributed by atoms with Crippen molar-refractivity contribution in [2.24, 2.45) is 0 Å². The van der Waals surface area contributed by atoms with Gasteiger partial charge in [0.25, 0.3) is 0 Å². The Morgan fingerprint density at radius 2 is 1.40 bits per heavy atom. The summed E-state index contributed by atoms with van der Waals surface area (Å²) in [6.45, 7) is 1.51. The van der Waals surface area contributed by atoms with Crippen molar-refractivity contribution in [2.75, 3.05) is 0 Å². The second-order valence-electron chi connectivity index (χ2n) is 6.98. The molecule has 0 radical (unpaired) electrons. The Labute approximate surface area is 156 Å². The molecule has 0 unspecified atom stereocenters. The Hall–Kier alpha value is -1.51. The van der Waals surface area contributed by atoms with Crippen LogP contribution in [0.15, 0.2) is 48.5 Å². The van der Waals surface area contributed by atoms with E-state index in [0.29, 0.717) is 12.6 Å². The van der Waals surface area contributed by atoms with Crippen LogP contribution in [-0.2, 0) is 13.2 Å². The number of hydrogen-bond donors (Lipinski definition) is 1. The molecule has 1 aliphatic carbocycles. The lowest BCUT2D eigenvalue weighted by Gasteiger charge is -2.21. The summed E-state index contributed by atoms with van der Waals surface area (Å²) in [7, 11) is 0. The van der Waals surface area contributed by atoms with Crippen molar-refractivity contribution in [3.63, 3.8) is 0 Å². The lowest BCUT2D eigenvalue weighted by Crippen LogP contribution is -2.29. The summed E-state index contributed by atoms with van der Waals surface area (Å²) in [4.78, 5) is 0. The van der Waals surface area contributed by atoms with Gasteiger partial charge in [-0.2, -0.15) is 0 Å². The van der Waals surface area contributed by atoms with Gasteiger partial charge in [0.2, 0.25) is 0 Å². The van der Waals surface area contributed by atoms with E-state index in [9.17, 15) is 0 Å². The van der Waals surface area contributed by atoms with E-state index in [1.165, 1.54) is 50.5 Å². The van der Waals surface area contributed by atoms with Crippen LogP contribution in [0.4, 0.5) is 0 Å². The molecule has 134 valence electrons. The zero-order chi connectivity index (χ0) is 17.3. The highest BCUT2D eigenvalue weighted by molar-refractivity contribution is 6.30. The fourth-order valence-corrected chi connectivity index (χ4v) is 3.50. The maximum absolute atomic E-state index is 5.90. The third-order valence-electron chi connectivity index (χ3n) is 4.94. The first-order valence-corrected chi connectivity index (χ1v) is 9.87. The highest BCUT2D eigenvalue weighted by atomic mass is 35.5. The summed E-state index contributed by atoms with van der Waals surface area (Å²) >= 11 is 5.90. The zero-order valence-electron chi connectivity index (χ0n) is 14.8. The Bertz CT molecular complexity index is 615. The summed E-state index contributed by atoms with van der Waals surface area (Å²) in [5.74, 6) is 0.907. The van der Waals surface area contributed by atoms with E-state index in [2.05, 4.69) is 29.6 Å². The summed E-state index contributed by atoms with van der Waals surface area (Å²) in [5, 5.41) is 4.49. The number of nitrogens with one attached hydrogen (secondary N) is 1. The van der Waals surface area contributed by atoms with Crippen molar-refractivity contribution in [1.82, 2.24) is 5.32 Å². The quantitative estimate of drug-likeness (QED) is 0.672. The Morgan fingerprint density at radius 3 is 2.08 bits per heavy atom. The summed E-state index contributed by atoms with van der Waals surface area (Å²) in [5.41, 5.74) is 2.44. The van der Waals surface area contributed by atoms with Gasteiger partial charge in [-0.05, 0) is 48.2 Å². The molecular formula is C22H28ClNO. The molecular weight excluding hydrogens is 330 g/mol. The summed E-state index contributed by atoms with van der Waals surface area (Å²) in [6, 6.07) is 16.9. The van der Waals surface area contributed by atoms with Gasteiger partial charge in [0.05, 0.1) is 0 Å². The van der Waals surface area contributed by atoms with Gasteiger partial charge in [-0.15, -0.1) is 0 Å². The maximum atomic E-state index is 5.90. The average molecular weight is 358 g/mol. The Morgan fingerprint density at radius 1 is 0.800 bits per heavy atom. The molecule has 0 saturated heterocycles. The lowest BCUT2D eigenvalue weighted by atomic mass is 9.96. The molecule has 3 rings (SSSR count). The number of hydrogen-bond acceptors (Lipinski definition) is 2. The Kier molecular flexibility index (Phi) is 7.20. The van der Waals surface area contributed by atoms with Gasteiger partial charge in [-0.25, -0.2) is 0 Å². The molecule has 0 atom stereocenters. The van der Waals surface area contributed by atoms with Gasteiger partial charge < -0.3 is 10.1 Å². The number of halogens is 1. The molecule has 1 fully saturated rings. The van der Waals surface area contributed by atoms with Gasteiger partial charge >= 0.3 is 0 Å². The molecule has 2 aromatic carbocycles. The van der Waals surface area contributed by atoms with Crippen LogP contribution in [-0.4, -0.2) is 6.04 Å². The minimum Gasteiger partial charge on any atom is -0.489 e. The van der Waals surface area contributed by atoms with Crippen LogP contribution in [0.3, 0.4) is 0 Å². The van der Waals surface area contributed by atoms with E-state index in [1.807, 2.05) is 24.3 Å². The molecule has 0 heterocycles. The van der Waals surface area contributed by atoms with Crippen LogP contribution in [0.5, 0.6) is 5.75 Å². The first kappa shape index (κ1) is 18.3. The largest absolute Gasteiger partial charge is 0.489 e. The van der Waals surface area contributed by atoms with Crippen LogP contribution < -0.4 is 10.1 Å². The molecule has 1 saturated carbocycles. The van der Waals surface area contributed by atoms with Crippen LogP contribution in [0, 0.1) is 0 Å². The fraction of sp³-hybridized carbons (Fsp3) is 0.455. The number of rotatable bonds is 6. The molecule has 3 heteroatoms. The third kappa shape index (κ3) is 6.37. The van der Waals surface area contributed by atoms with E-state index in [-0.39, 0.29) is 0 Å². The maximum Gasteiger partial charge on any atom is 0.119 e. The van der Waals surface area contributed by atoms with Crippen LogP contribution in [0.2, 0.25) is 5.02 Å². The second kappa shape index (κ2) is 9.84. The number of benzene rings is 2. The highest BCUT2D eigenvalue weighted by Gasteiger charge is 2.10. The molecule has 0 bridgehead atoms. The topological polar surface area (TPSA) is 21.3 Å². The van der Waals surface area contributed by atoms with E-state index >= 15 is 0 Å². The van der Waals surface area contributed by atoms with E-state index < -0.39 is 0 Å².